The number of amides is 1. The van der Waals surface area contributed by atoms with Crippen molar-refractivity contribution in [2.45, 2.75) is 34.6 Å². The van der Waals surface area contributed by atoms with E-state index < -0.39 is 36.3 Å². The molecule has 186 valence electrons. The molecule has 10 nitrogen and oxygen atoms in total. The van der Waals surface area contributed by atoms with Crippen molar-refractivity contribution in [3.8, 4) is 0 Å². The van der Waals surface area contributed by atoms with Crippen molar-refractivity contribution in [3.05, 3.63) is 46.3 Å². The normalized spacial score (nSPS) is 14.0. The van der Waals surface area contributed by atoms with Gasteiger partial charge in [-0.05, 0) is 52.3 Å². The summed E-state index contributed by atoms with van der Waals surface area (Å²) in [6, 6.07) is 5.73. The number of anilines is 1. The van der Waals surface area contributed by atoms with Crippen LogP contribution >= 0.6 is 11.3 Å². The number of aryl methyl sites for hydroxylation is 1. The van der Waals surface area contributed by atoms with Gasteiger partial charge in [0.05, 0.1) is 34.6 Å². The third-order valence-electron chi connectivity index (χ3n) is 5.12. The van der Waals surface area contributed by atoms with Crippen LogP contribution in [0.5, 0.6) is 0 Å². The fraction of sp³-hybridized carbons (Fsp3) is 0.375. The van der Waals surface area contributed by atoms with Gasteiger partial charge in [0.15, 0.2) is 11.7 Å². The summed E-state index contributed by atoms with van der Waals surface area (Å²) in [7, 11) is 0. The summed E-state index contributed by atoms with van der Waals surface area (Å²) in [4.78, 5) is 55.3. The van der Waals surface area contributed by atoms with Crippen molar-refractivity contribution in [2.75, 3.05) is 25.1 Å². The number of allylic oxidation sites excluding steroid dienone is 2. The molecule has 1 amide bonds. The number of carbonyl (C=O) groups is 4. The highest BCUT2D eigenvalue weighted by molar-refractivity contribution is 7.22. The molecular weight excluding hydrogens is 474 g/mol. The molecule has 35 heavy (non-hydrogen) atoms. The molecule has 0 aliphatic carbocycles. The van der Waals surface area contributed by atoms with Crippen molar-refractivity contribution in [3.63, 3.8) is 0 Å². The molecule has 1 aliphatic rings. The fourth-order valence-electron chi connectivity index (χ4n) is 3.65. The second-order valence-corrected chi connectivity index (χ2v) is 8.75. The Kier molecular flexibility index (Phi) is 8.23. The Hall–Kier alpha value is -3.73. The number of hydrogen-bond donors (Lipinski definition) is 2. The van der Waals surface area contributed by atoms with Gasteiger partial charge in [0.25, 0.3) is 5.91 Å². The second kappa shape index (κ2) is 11.1. The average molecular weight is 502 g/mol. The number of aromatic nitrogens is 1. The van der Waals surface area contributed by atoms with Crippen LogP contribution in [0.2, 0.25) is 0 Å². The maximum Gasteiger partial charge on any atom is 0.337 e. The highest BCUT2D eigenvalue weighted by Gasteiger charge is 2.42. The number of nitrogens with zero attached hydrogens (tertiary/aromatic N) is 1. The first-order valence-electron chi connectivity index (χ1n) is 11.0. The van der Waals surface area contributed by atoms with E-state index in [9.17, 15) is 19.2 Å². The lowest BCUT2D eigenvalue weighted by molar-refractivity contribution is -0.153. The molecule has 3 rings (SSSR count). The van der Waals surface area contributed by atoms with E-state index in [1.54, 1.807) is 27.7 Å². The van der Waals surface area contributed by atoms with Gasteiger partial charge >= 0.3 is 17.9 Å². The number of benzene rings is 1. The number of hydrogen-bond acceptors (Lipinski definition) is 10. The number of ether oxygens (including phenoxy) is 3. The van der Waals surface area contributed by atoms with Crippen LogP contribution in [0, 0.1) is 12.8 Å². The van der Waals surface area contributed by atoms with Crippen LogP contribution in [0.1, 0.15) is 33.3 Å². The van der Waals surface area contributed by atoms with E-state index in [0.29, 0.717) is 16.5 Å². The van der Waals surface area contributed by atoms with Crippen LogP contribution in [0.25, 0.3) is 10.2 Å². The topological polar surface area (TPSA) is 133 Å². The summed E-state index contributed by atoms with van der Waals surface area (Å²) in [5.41, 5.74) is 2.33. The summed E-state index contributed by atoms with van der Waals surface area (Å²) in [5.74, 6) is -4.52. The molecule has 0 radical (unpaired) electrons. The van der Waals surface area contributed by atoms with Crippen molar-refractivity contribution < 1.29 is 33.4 Å². The molecule has 0 saturated carbocycles. The summed E-state index contributed by atoms with van der Waals surface area (Å²) in [6.45, 7) is 7.87. The lowest BCUT2D eigenvalue weighted by atomic mass is 9.85. The van der Waals surface area contributed by atoms with E-state index in [2.05, 4.69) is 15.6 Å². The number of esters is 3. The van der Waals surface area contributed by atoms with Crippen molar-refractivity contribution >= 4 is 50.5 Å². The van der Waals surface area contributed by atoms with Gasteiger partial charge in [0, 0.05) is 11.4 Å². The van der Waals surface area contributed by atoms with Crippen LogP contribution in [-0.2, 0) is 33.4 Å². The highest BCUT2D eigenvalue weighted by atomic mass is 32.1. The van der Waals surface area contributed by atoms with Crippen molar-refractivity contribution in [2.24, 2.45) is 5.92 Å². The van der Waals surface area contributed by atoms with E-state index in [0.717, 1.165) is 15.8 Å². The number of dihydropyridines is 1. The minimum absolute atomic E-state index is 0.0684. The third-order valence-corrected chi connectivity index (χ3v) is 6.06. The molecule has 2 N–H and O–H groups in total. The maximum absolute atomic E-state index is 13.1. The number of rotatable bonds is 8. The van der Waals surface area contributed by atoms with E-state index >= 15 is 0 Å². The zero-order chi connectivity index (χ0) is 25.7. The molecule has 2 heterocycles. The molecule has 0 bridgehead atoms. The van der Waals surface area contributed by atoms with Crippen LogP contribution < -0.4 is 10.6 Å². The largest absolute Gasteiger partial charge is 0.463 e. The fourth-order valence-corrected chi connectivity index (χ4v) is 4.63. The molecule has 0 spiro atoms. The van der Waals surface area contributed by atoms with Gasteiger partial charge in [0.1, 0.15) is 5.92 Å². The van der Waals surface area contributed by atoms with E-state index in [1.807, 2.05) is 25.1 Å². The minimum atomic E-state index is -1.41. The molecule has 0 unspecified atom stereocenters. The maximum atomic E-state index is 13.1. The second-order valence-electron chi connectivity index (χ2n) is 7.72. The Balaban J connectivity index is 1.79. The summed E-state index contributed by atoms with van der Waals surface area (Å²) in [6.07, 6.45) is 0. The van der Waals surface area contributed by atoms with Gasteiger partial charge < -0.3 is 19.5 Å². The molecular formula is C24H27N3O7S. The van der Waals surface area contributed by atoms with E-state index in [4.69, 9.17) is 14.2 Å². The Labute approximate surface area is 206 Å². The molecule has 2 aromatic rings. The lowest BCUT2D eigenvalue weighted by Gasteiger charge is -2.28. The van der Waals surface area contributed by atoms with E-state index in [-0.39, 0.29) is 24.4 Å². The Morgan fingerprint density at radius 1 is 0.971 bits per heavy atom. The number of carbonyl (C=O) groups excluding carboxylic acids is 4. The summed E-state index contributed by atoms with van der Waals surface area (Å²) >= 11 is 1.29. The monoisotopic (exact) mass is 501 g/mol. The minimum Gasteiger partial charge on any atom is -0.463 e. The molecule has 0 atom stereocenters. The lowest BCUT2D eigenvalue weighted by Crippen LogP contribution is -2.39. The Morgan fingerprint density at radius 3 is 2.14 bits per heavy atom. The van der Waals surface area contributed by atoms with Crippen LogP contribution in [0.15, 0.2) is 40.7 Å². The first-order valence-corrected chi connectivity index (χ1v) is 11.8. The van der Waals surface area contributed by atoms with Crippen LogP contribution in [-0.4, -0.2) is 48.6 Å². The average Bonchev–Trinajstić information content (AvgIpc) is 3.18. The van der Waals surface area contributed by atoms with E-state index in [1.165, 1.54) is 11.3 Å². The van der Waals surface area contributed by atoms with Crippen LogP contribution in [0.4, 0.5) is 5.13 Å². The Morgan fingerprint density at radius 2 is 1.57 bits per heavy atom. The zero-order valence-corrected chi connectivity index (χ0v) is 21.0. The highest BCUT2D eigenvalue weighted by Crippen LogP contribution is 2.33. The van der Waals surface area contributed by atoms with Gasteiger partial charge in [-0.2, -0.15) is 0 Å². The third kappa shape index (κ3) is 5.86. The van der Waals surface area contributed by atoms with Gasteiger partial charge in [-0.3, -0.25) is 14.9 Å². The van der Waals surface area contributed by atoms with Gasteiger partial charge in [0.2, 0.25) is 0 Å². The smallest absolute Gasteiger partial charge is 0.337 e. The first-order chi connectivity index (χ1) is 16.7. The molecule has 0 saturated heterocycles. The number of nitrogens with one attached hydrogen (secondary N) is 2. The van der Waals surface area contributed by atoms with Gasteiger partial charge in [-0.25, -0.2) is 14.6 Å². The predicted octanol–water partition coefficient (Wildman–Crippen LogP) is 2.98. The summed E-state index contributed by atoms with van der Waals surface area (Å²) in [5, 5.41) is 5.89. The number of fused-ring (bicyclic) bond motifs is 1. The molecule has 0 fully saturated rings. The molecule has 1 aromatic heterocycles. The quantitative estimate of drug-likeness (QED) is 0.414. The van der Waals surface area contributed by atoms with Crippen molar-refractivity contribution in [1.82, 2.24) is 10.3 Å². The SMILES string of the molecule is CCOC(=O)C1=C(C)NC(C)=C(C(=O)OCC)C1C(=O)OCC(=O)Nc1nc2ccc(C)cc2s1. The Bertz CT molecular complexity index is 1200. The zero-order valence-electron chi connectivity index (χ0n) is 20.1. The van der Waals surface area contributed by atoms with Crippen LogP contribution in [0.3, 0.4) is 0 Å². The van der Waals surface area contributed by atoms with Gasteiger partial charge in [-0.15, -0.1) is 0 Å². The summed E-state index contributed by atoms with van der Waals surface area (Å²) < 4.78 is 16.3. The molecule has 11 heteroatoms. The first kappa shape index (κ1) is 25.9. The predicted molar refractivity (Wildman–Crippen MR) is 129 cm³/mol. The van der Waals surface area contributed by atoms with Crippen molar-refractivity contribution in [1.29, 1.82) is 0 Å². The standard InChI is InChI=1S/C24H27N3O7S/c1-6-32-21(29)18-13(4)25-14(5)19(22(30)33-7-2)20(18)23(31)34-11-17(28)27-24-26-15-9-8-12(3)10-16(15)35-24/h8-10,20,25H,6-7,11H2,1-5H3,(H,26,27,28). The molecule has 1 aliphatic heterocycles. The van der Waals surface area contributed by atoms with Gasteiger partial charge in [-0.1, -0.05) is 17.4 Å². The number of thiazole rings is 1. The molecule has 1 aromatic carbocycles.